The van der Waals surface area contributed by atoms with Gasteiger partial charge in [-0.15, -0.1) is 0 Å². The number of hydrogen-bond donors (Lipinski definition) is 1. The Bertz CT molecular complexity index is 1010. The van der Waals surface area contributed by atoms with Gasteiger partial charge in [-0.3, -0.25) is 4.79 Å². The standard InChI is InChI=1S/C20H21F3N4O2/c1-12(2)27-18-15(10-25-27)8-17(13(3)26-18)19(28)24-9-14-4-6-16(7-5-14)29-11-20(21,22)23/h4-8,10,12H,9,11H2,1-3H3,(H,24,28). The van der Waals surface area contributed by atoms with E-state index in [9.17, 15) is 18.0 Å². The number of fused-ring (bicyclic) bond motifs is 1. The van der Waals surface area contributed by atoms with E-state index < -0.39 is 12.8 Å². The van der Waals surface area contributed by atoms with Crippen LogP contribution in [0.3, 0.4) is 0 Å². The van der Waals surface area contributed by atoms with Crippen molar-refractivity contribution in [1.82, 2.24) is 20.1 Å². The fraction of sp³-hybridized carbons (Fsp3) is 0.350. The third-order valence-corrected chi connectivity index (χ3v) is 4.27. The number of nitrogens with one attached hydrogen (secondary N) is 1. The summed E-state index contributed by atoms with van der Waals surface area (Å²) < 4.78 is 43.0. The van der Waals surface area contributed by atoms with Gasteiger partial charge in [-0.25, -0.2) is 9.67 Å². The van der Waals surface area contributed by atoms with E-state index in [-0.39, 0.29) is 24.2 Å². The van der Waals surface area contributed by atoms with Gasteiger partial charge in [0.05, 0.1) is 17.5 Å². The molecule has 0 atom stereocenters. The summed E-state index contributed by atoms with van der Waals surface area (Å²) in [5, 5.41) is 7.89. The number of benzene rings is 1. The topological polar surface area (TPSA) is 69.0 Å². The number of carbonyl (C=O) groups excluding carboxylic acids is 1. The molecule has 0 spiro atoms. The molecule has 6 nitrogen and oxygen atoms in total. The minimum Gasteiger partial charge on any atom is -0.484 e. The summed E-state index contributed by atoms with van der Waals surface area (Å²) in [5.74, 6) is -0.170. The molecule has 0 fully saturated rings. The number of aromatic nitrogens is 3. The Kier molecular flexibility index (Phi) is 5.76. The smallest absolute Gasteiger partial charge is 0.422 e. The fourth-order valence-electron chi connectivity index (χ4n) is 2.82. The average molecular weight is 406 g/mol. The molecule has 29 heavy (non-hydrogen) atoms. The quantitative estimate of drug-likeness (QED) is 0.667. The lowest BCUT2D eigenvalue weighted by Gasteiger charge is -2.11. The Hall–Kier alpha value is -3.10. The van der Waals surface area contributed by atoms with Crippen LogP contribution in [0, 0.1) is 6.92 Å². The zero-order valence-corrected chi connectivity index (χ0v) is 16.2. The highest BCUT2D eigenvalue weighted by molar-refractivity contribution is 5.98. The molecule has 0 aliphatic heterocycles. The van der Waals surface area contributed by atoms with Crippen molar-refractivity contribution in [3.05, 3.63) is 53.3 Å². The molecule has 2 heterocycles. The Morgan fingerprint density at radius 3 is 2.55 bits per heavy atom. The summed E-state index contributed by atoms with van der Waals surface area (Å²) >= 11 is 0. The molecule has 154 valence electrons. The van der Waals surface area contributed by atoms with E-state index in [1.54, 1.807) is 36.0 Å². The maximum absolute atomic E-state index is 12.6. The molecule has 0 saturated heterocycles. The van der Waals surface area contributed by atoms with Crippen LogP contribution in [0.15, 0.2) is 36.5 Å². The molecule has 0 saturated carbocycles. The van der Waals surface area contributed by atoms with E-state index in [1.165, 1.54) is 12.1 Å². The zero-order valence-electron chi connectivity index (χ0n) is 16.2. The summed E-state index contributed by atoms with van der Waals surface area (Å²) in [6.45, 7) is 4.65. The molecule has 3 rings (SSSR count). The third kappa shape index (κ3) is 5.04. The van der Waals surface area contributed by atoms with Crippen molar-refractivity contribution in [2.75, 3.05) is 6.61 Å². The van der Waals surface area contributed by atoms with Crippen LogP contribution in [0.25, 0.3) is 11.0 Å². The van der Waals surface area contributed by atoms with Gasteiger partial charge in [0.2, 0.25) is 0 Å². The van der Waals surface area contributed by atoms with E-state index in [4.69, 9.17) is 0 Å². The van der Waals surface area contributed by atoms with Crippen LogP contribution >= 0.6 is 0 Å². The van der Waals surface area contributed by atoms with E-state index >= 15 is 0 Å². The van der Waals surface area contributed by atoms with E-state index in [2.05, 4.69) is 20.1 Å². The molecular weight excluding hydrogens is 385 g/mol. The van der Waals surface area contributed by atoms with E-state index in [1.807, 2.05) is 13.8 Å². The van der Waals surface area contributed by atoms with Gasteiger partial charge in [-0.1, -0.05) is 12.1 Å². The first kappa shape index (κ1) is 20.6. The van der Waals surface area contributed by atoms with Gasteiger partial charge in [0.15, 0.2) is 12.3 Å². The molecule has 0 aliphatic carbocycles. The zero-order chi connectivity index (χ0) is 21.2. The maximum atomic E-state index is 12.6. The Morgan fingerprint density at radius 2 is 1.93 bits per heavy atom. The molecule has 0 aliphatic rings. The van der Waals surface area contributed by atoms with Crippen LogP contribution in [0.4, 0.5) is 13.2 Å². The van der Waals surface area contributed by atoms with Gasteiger partial charge in [0, 0.05) is 18.0 Å². The molecule has 1 N–H and O–H groups in total. The van der Waals surface area contributed by atoms with Gasteiger partial charge in [-0.2, -0.15) is 18.3 Å². The monoisotopic (exact) mass is 406 g/mol. The van der Waals surface area contributed by atoms with Gasteiger partial charge in [0.1, 0.15) is 5.75 Å². The predicted octanol–water partition coefficient (Wildman–Crippen LogP) is 4.19. The van der Waals surface area contributed by atoms with Crippen LogP contribution < -0.4 is 10.1 Å². The van der Waals surface area contributed by atoms with Gasteiger partial charge >= 0.3 is 6.18 Å². The number of amides is 1. The maximum Gasteiger partial charge on any atom is 0.422 e. The minimum atomic E-state index is -4.38. The first-order valence-corrected chi connectivity index (χ1v) is 9.05. The number of rotatable bonds is 6. The van der Waals surface area contributed by atoms with Crippen LogP contribution in [0.1, 0.15) is 41.5 Å². The number of halogens is 3. The van der Waals surface area contributed by atoms with Crippen molar-refractivity contribution < 1.29 is 22.7 Å². The summed E-state index contributed by atoms with van der Waals surface area (Å²) in [6, 6.07) is 7.99. The van der Waals surface area contributed by atoms with Crippen molar-refractivity contribution in [1.29, 1.82) is 0 Å². The third-order valence-electron chi connectivity index (χ3n) is 4.27. The molecule has 1 aromatic carbocycles. The van der Waals surface area contributed by atoms with Crippen molar-refractivity contribution in [3.8, 4) is 5.75 Å². The number of hydrogen-bond acceptors (Lipinski definition) is 4. The second kappa shape index (κ2) is 8.10. The SMILES string of the molecule is Cc1nc2c(cnn2C(C)C)cc1C(=O)NCc1ccc(OCC(F)(F)F)cc1. The molecule has 1 amide bonds. The van der Waals surface area contributed by atoms with Gasteiger partial charge in [0.25, 0.3) is 5.91 Å². The highest BCUT2D eigenvalue weighted by Gasteiger charge is 2.28. The summed E-state index contributed by atoms with van der Waals surface area (Å²) in [7, 11) is 0. The van der Waals surface area contributed by atoms with Gasteiger partial charge in [-0.05, 0) is 44.5 Å². The van der Waals surface area contributed by atoms with Crippen molar-refractivity contribution in [2.45, 2.75) is 39.5 Å². The van der Waals surface area contributed by atoms with Crippen LogP contribution in [0.2, 0.25) is 0 Å². The highest BCUT2D eigenvalue weighted by atomic mass is 19.4. The number of nitrogens with zero attached hydrogens (tertiary/aromatic N) is 3. The normalized spacial score (nSPS) is 11.8. The second-order valence-electron chi connectivity index (χ2n) is 6.95. The minimum absolute atomic E-state index is 0.116. The van der Waals surface area contributed by atoms with Crippen LogP contribution in [-0.4, -0.2) is 33.5 Å². The molecule has 0 unspecified atom stereocenters. The van der Waals surface area contributed by atoms with Crippen LogP contribution in [0.5, 0.6) is 5.75 Å². The fourth-order valence-corrected chi connectivity index (χ4v) is 2.82. The lowest BCUT2D eigenvalue weighted by molar-refractivity contribution is -0.153. The van der Waals surface area contributed by atoms with Crippen molar-refractivity contribution in [2.24, 2.45) is 0 Å². The number of aryl methyl sites for hydroxylation is 1. The number of carbonyl (C=O) groups is 1. The van der Waals surface area contributed by atoms with Gasteiger partial charge < -0.3 is 10.1 Å². The molecular formula is C20H21F3N4O2. The summed E-state index contributed by atoms with van der Waals surface area (Å²) in [6.07, 6.45) is -2.70. The Balaban J connectivity index is 1.65. The first-order valence-electron chi connectivity index (χ1n) is 9.05. The van der Waals surface area contributed by atoms with E-state index in [0.29, 0.717) is 11.3 Å². The second-order valence-corrected chi connectivity index (χ2v) is 6.95. The number of pyridine rings is 1. The predicted molar refractivity (Wildman–Crippen MR) is 102 cm³/mol. The summed E-state index contributed by atoms with van der Waals surface area (Å²) in [4.78, 5) is 17.1. The first-order chi connectivity index (χ1) is 13.6. The Morgan fingerprint density at radius 1 is 1.24 bits per heavy atom. The lowest BCUT2D eigenvalue weighted by Crippen LogP contribution is -2.24. The van der Waals surface area contributed by atoms with Crippen LogP contribution in [-0.2, 0) is 6.54 Å². The molecule has 0 bridgehead atoms. The largest absolute Gasteiger partial charge is 0.484 e. The summed E-state index contributed by atoms with van der Waals surface area (Å²) in [5.41, 5.74) is 2.50. The number of ether oxygens (including phenoxy) is 1. The molecule has 3 aromatic rings. The average Bonchev–Trinajstić information content (AvgIpc) is 3.07. The number of alkyl halides is 3. The van der Waals surface area contributed by atoms with Crippen molar-refractivity contribution in [3.63, 3.8) is 0 Å². The molecule has 0 radical (unpaired) electrons. The van der Waals surface area contributed by atoms with Crippen molar-refractivity contribution >= 4 is 16.9 Å². The molecule has 2 aromatic heterocycles. The Labute approximate surface area is 165 Å². The van der Waals surface area contributed by atoms with E-state index in [0.717, 1.165) is 16.6 Å². The lowest BCUT2D eigenvalue weighted by atomic mass is 10.1. The highest BCUT2D eigenvalue weighted by Crippen LogP contribution is 2.20. The molecule has 9 heteroatoms.